The summed E-state index contributed by atoms with van der Waals surface area (Å²) in [6, 6.07) is 15.9. The molecule has 4 nitrogen and oxygen atoms in total. The molecule has 0 aromatic heterocycles. The van der Waals surface area contributed by atoms with Crippen LogP contribution in [0.2, 0.25) is 0 Å². The minimum Gasteiger partial charge on any atom is -0.350 e. The molecule has 0 radical (unpaired) electrons. The number of nitrogens with zero attached hydrogens (tertiary/aromatic N) is 1. The minimum atomic E-state index is -0.111. The number of fused-ring (bicyclic) bond motifs is 1. The molecule has 1 unspecified atom stereocenters. The van der Waals surface area contributed by atoms with Crippen LogP contribution in [0.5, 0.6) is 0 Å². The number of anilines is 1. The van der Waals surface area contributed by atoms with Gasteiger partial charge in [0, 0.05) is 23.0 Å². The highest BCUT2D eigenvalue weighted by Crippen LogP contribution is 2.35. The van der Waals surface area contributed by atoms with Crippen LogP contribution < -0.4 is 10.2 Å². The van der Waals surface area contributed by atoms with E-state index in [1.54, 1.807) is 11.0 Å². The van der Waals surface area contributed by atoms with Crippen LogP contribution in [-0.2, 0) is 11.2 Å². The second-order valence-corrected chi connectivity index (χ2v) is 7.68. The summed E-state index contributed by atoms with van der Waals surface area (Å²) in [6.07, 6.45) is 3.50. The van der Waals surface area contributed by atoms with Gasteiger partial charge in [-0.3, -0.25) is 9.59 Å². The summed E-state index contributed by atoms with van der Waals surface area (Å²) in [5.41, 5.74) is 2.63. The lowest BCUT2D eigenvalue weighted by molar-refractivity contribution is -0.116. The molecule has 1 atom stereocenters. The Hall–Kier alpha value is -2.53. The standard InChI is InChI=1S/C22H24N2O2S/c1-3-13-24-19-14-18(11-12-20(19)27-15-21(24)25)22(26)23-16(2)9-10-17-7-5-4-6-8-17/h3-8,11-12,14,16H,1,9-10,13,15H2,2H3,(H,23,26). The highest BCUT2D eigenvalue weighted by molar-refractivity contribution is 8.00. The normalized spacial score (nSPS) is 14.4. The maximum atomic E-state index is 12.7. The van der Waals surface area contributed by atoms with Crippen LogP contribution in [0.25, 0.3) is 0 Å². The van der Waals surface area contributed by atoms with Crippen LogP contribution in [0.15, 0.2) is 66.1 Å². The molecule has 1 aliphatic rings. The van der Waals surface area contributed by atoms with Crippen LogP contribution in [0, 0.1) is 0 Å². The van der Waals surface area contributed by atoms with E-state index in [0.29, 0.717) is 17.9 Å². The molecular formula is C22H24N2O2S. The second-order valence-electron chi connectivity index (χ2n) is 6.66. The third-order valence-corrected chi connectivity index (χ3v) is 5.61. The molecule has 1 aliphatic heterocycles. The smallest absolute Gasteiger partial charge is 0.251 e. The van der Waals surface area contributed by atoms with Crippen molar-refractivity contribution in [3.8, 4) is 0 Å². The van der Waals surface area contributed by atoms with Gasteiger partial charge >= 0.3 is 0 Å². The van der Waals surface area contributed by atoms with Crippen LogP contribution in [-0.4, -0.2) is 30.2 Å². The first-order valence-electron chi connectivity index (χ1n) is 9.11. The summed E-state index contributed by atoms with van der Waals surface area (Å²) in [5, 5.41) is 3.06. The maximum Gasteiger partial charge on any atom is 0.251 e. The topological polar surface area (TPSA) is 49.4 Å². The van der Waals surface area contributed by atoms with Crippen LogP contribution in [0.1, 0.15) is 29.3 Å². The molecule has 0 bridgehead atoms. The molecule has 2 aromatic rings. The van der Waals surface area contributed by atoms with E-state index in [1.807, 2.05) is 43.3 Å². The fraction of sp³-hybridized carbons (Fsp3) is 0.273. The largest absolute Gasteiger partial charge is 0.350 e. The Labute approximate surface area is 164 Å². The van der Waals surface area contributed by atoms with Gasteiger partial charge in [-0.15, -0.1) is 18.3 Å². The lowest BCUT2D eigenvalue weighted by Gasteiger charge is -2.28. The van der Waals surface area contributed by atoms with Crippen molar-refractivity contribution in [1.82, 2.24) is 5.32 Å². The fourth-order valence-corrected chi connectivity index (χ4v) is 4.00. The third-order valence-electron chi connectivity index (χ3n) is 4.56. The number of carbonyl (C=O) groups is 2. The van der Waals surface area contributed by atoms with Crippen molar-refractivity contribution in [2.45, 2.75) is 30.7 Å². The first-order valence-corrected chi connectivity index (χ1v) is 10.1. The van der Waals surface area contributed by atoms with Gasteiger partial charge in [0.05, 0.1) is 11.4 Å². The summed E-state index contributed by atoms with van der Waals surface area (Å²) in [7, 11) is 0. The summed E-state index contributed by atoms with van der Waals surface area (Å²) < 4.78 is 0. The molecule has 2 amide bonds. The summed E-state index contributed by atoms with van der Waals surface area (Å²) in [4.78, 5) is 27.5. The van der Waals surface area contributed by atoms with Crippen molar-refractivity contribution >= 4 is 29.3 Å². The predicted octanol–water partition coefficient (Wildman–Crippen LogP) is 4.06. The Morgan fingerprint density at radius 3 is 2.81 bits per heavy atom. The molecule has 0 fully saturated rings. The molecular weight excluding hydrogens is 356 g/mol. The Morgan fingerprint density at radius 2 is 2.07 bits per heavy atom. The summed E-state index contributed by atoms with van der Waals surface area (Å²) >= 11 is 1.51. The number of aryl methyl sites for hydroxylation is 1. The van der Waals surface area contributed by atoms with Crippen molar-refractivity contribution < 1.29 is 9.59 Å². The molecule has 0 aliphatic carbocycles. The predicted molar refractivity (Wildman–Crippen MR) is 111 cm³/mol. The van der Waals surface area contributed by atoms with Crippen molar-refractivity contribution in [2.24, 2.45) is 0 Å². The van der Waals surface area contributed by atoms with Crippen molar-refractivity contribution in [3.05, 3.63) is 72.3 Å². The van der Waals surface area contributed by atoms with Gasteiger partial charge in [0.2, 0.25) is 5.91 Å². The number of rotatable bonds is 7. The number of carbonyl (C=O) groups excluding carboxylic acids is 2. The van der Waals surface area contributed by atoms with Gasteiger partial charge in [0.15, 0.2) is 0 Å². The first kappa shape index (κ1) is 19.2. The van der Waals surface area contributed by atoms with E-state index in [4.69, 9.17) is 0 Å². The van der Waals surface area contributed by atoms with E-state index < -0.39 is 0 Å². The van der Waals surface area contributed by atoms with Crippen LogP contribution >= 0.6 is 11.8 Å². The Kier molecular flexibility index (Phi) is 6.35. The highest BCUT2D eigenvalue weighted by atomic mass is 32.2. The summed E-state index contributed by atoms with van der Waals surface area (Å²) in [5.74, 6) is 0.351. The molecule has 0 spiro atoms. The zero-order valence-electron chi connectivity index (χ0n) is 15.5. The molecule has 27 heavy (non-hydrogen) atoms. The lowest BCUT2D eigenvalue weighted by atomic mass is 10.1. The van der Waals surface area contributed by atoms with Gasteiger partial charge in [0.25, 0.3) is 5.91 Å². The molecule has 1 heterocycles. The first-order chi connectivity index (χ1) is 13.1. The number of nitrogens with one attached hydrogen (secondary N) is 1. The maximum absolute atomic E-state index is 12.7. The average molecular weight is 381 g/mol. The van der Waals surface area contributed by atoms with E-state index in [0.717, 1.165) is 23.4 Å². The molecule has 0 saturated heterocycles. The van der Waals surface area contributed by atoms with E-state index >= 15 is 0 Å². The second kappa shape index (κ2) is 8.91. The molecule has 5 heteroatoms. The SMILES string of the molecule is C=CCN1C(=O)CSc2ccc(C(=O)NC(C)CCc3ccccc3)cc21. The fourth-order valence-electron chi connectivity index (χ4n) is 3.08. The summed E-state index contributed by atoms with van der Waals surface area (Å²) in [6.45, 7) is 6.19. The van der Waals surface area contributed by atoms with Crippen LogP contribution in [0.3, 0.4) is 0 Å². The monoisotopic (exact) mass is 380 g/mol. The van der Waals surface area contributed by atoms with Gasteiger partial charge in [0.1, 0.15) is 0 Å². The Bertz CT molecular complexity index is 835. The highest BCUT2D eigenvalue weighted by Gasteiger charge is 2.25. The number of hydrogen-bond acceptors (Lipinski definition) is 3. The van der Waals surface area contributed by atoms with Crippen molar-refractivity contribution in [1.29, 1.82) is 0 Å². The van der Waals surface area contributed by atoms with Gasteiger partial charge in [-0.25, -0.2) is 0 Å². The molecule has 0 saturated carbocycles. The van der Waals surface area contributed by atoms with Gasteiger partial charge in [-0.1, -0.05) is 36.4 Å². The van der Waals surface area contributed by atoms with Gasteiger partial charge in [-0.2, -0.15) is 0 Å². The Balaban J connectivity index is 1.66. The van der Waals surface area contributed by atoms with Crippen molar-refractivity contribution in [2.75, 3.05) is 17.2 Å². The Morgan fingerprint density at radius 1 is 1.30 bits per heavy atom. The molecule has 3 rings (SSSR count). The zero-order chi connectivity index (χ0) is 19.2. The van der Waals surface area contributed by atoms with Crippen molar-refractivity contribution in [3.63, 3.8) is 0 Å². The van der Waals surface area contributed by atoms with E-state index in [1.165, 1.54) is 17.3 Å². The number of amides is 2. The number of benzene rings is 2. The third kappa shape index (κ3) is 4.80. The average Bonchev–Trinajstić information content (AvgIpc) is 2.69. The molecule has 2 aromatic carbocycles. The van der Waals surface area contributed by atoms with Gasteiger partial charge < -0.3 is 10.2 Å². The quantitative estimate of drug-likeness (QED) is 0.737. The zero-order valence-corrected chi connectivity index (χ0v) is 16.3. The van der Waals surface area contributed by atoms with E-state index in [2.05, 4.69) is 24.0 Å². The van der Waals surface area contributed by atoms with Gasteiger partial charge in [-0.05, 0) is 43.5 Å². The number of hydrogen-bond donors (Lipinski definition) is 1. The van der Waals surface area contributed by atoms with E-state index in [9.17, 15) is 9.59 Å². The van der Waals surface area contributed by atoms with Crippen LogP contribution in [0.4, 0.5) is 5.69 Å². The van der Waals surface area contributed by atoms with E-state index in [-0.39, 0.29) is 17.9 Å². The minimum absolute atomic E-state index is 0.0428. The lowest BCUT2D eigenvalue weighted by Crippen LogP contribution is -2.36. The molecule has 140 valence electrons. The number of thioether (sulfide) groups is 1. The molecule has 1 N–H and O–H groups in total.